The number of aliphatic hydroxyl groups excluding tert-OH is 1. The first-order valence-electron chi connectivity index (χ1n) is 5.99. The number of anilines is 1. The Hall–Kier alpha value is -1.60. The largest absolute Gasteiger partial charge is 0.396 e. The van der Waals surface area contributed by atoms with Gasteiger partial charge in [0.25, 0.3) is 0 Å². The molecule has 4 nitrogen and oxygen atoms in total. The molecule has 0 aliphatic heterocycles. The monoisotopic (exact) mass is 231 g/mol. The van der Waals surface area contributed by atoms with Crippen molar-refractivity contribution < 1.29 is 5.11 Å². The van der Waals surface area contributed by atoms with Gasteiger partial charge in [0, 0.05) is 12.0 Å². The summed E-state index contributed by atoms with van der Waals surface area (Å²) in [5.74, 6) is 0. The quantitative estimate of drug-likeness (QED) is 0.830. The lowest BCUT2D eigenvalue weighted by molar-refractivity contribution is 0.142. The van der Waals surface area contributed by atoms with Crippen molar-refractivity contribution in [2.75, 3.05) is 18.5 Å². The van der Waals surface area contributed by atoms with E-state index < -0.39 is 0 Å². The Morgan fingerprint density at radius 3 is 2.71 bits per heavy atom. The van der Waals surface area contributed by atoms with Crippen molar-refractivity contribution in [1.82, 2.24) is 4.98 Å². The molecule has 1 aromatic heterocycles. The molecule has 1 fully saturated rings. The summed E-state index contributed by atoms with van der Waals surface area (Å²) in [5.41, 5.74) is 1.37. The Morgan fingerprint density at radius 1 is 1.41 bits per heavy atom. The van der Waals surface area contributed by atoms with Gasteiger partial charge in [-0.3, -0.25) is 0 Å². The number of aliphatic hydroxyl groups is 1. The van der Waals surface area contributed by atoms with Crippen LogP contribution in [0, 0.1) is 16.7 Å². The van der Waals surface area contributed by atoms with Crippen molar-refractivity contribution in [2.45, 2.75) is 25.7 Å². The predicted molar refractivity (Wildman–Crippen MR) is 65.4 cm³/mol. The third kappa shape index (κ3) is 2.75. The van der Waals surface area contributed by atoms with E-state index in [0.717, 1.165) is 25.1 Å². The van der Waals surface area contributed by atoms with E-state index in [1.165, 1.54) is 12.8 Å². The Balaban J connectivity index is 1.94. The maximum Gasteiger partial charge on any atom is 0.140 e. The zero-order valence-electron chi connectivity index (χ0n) is 9.82. The molecule has 1 aliphatic rings. The molecule has 1 aromatic rings. The second-order valence-electron chi connectivity index (χ2n) is 4.76. The molecule has 0 saturated heterocycles. The van der Waals surface area contributed by atoms with Crippen molar-refractivity contribution in [3.63, 3.8) is 0 Å². The molecule has 0 radical (unpaired) electrons. The van der Waals surface area contributed by atoms with Gasteiger partial charge < -0.3 is 10.4 Å². The van der Waals surface area contributed by atoms with Gasteiger partial charge in [0.15, 0.2) is 0 Å². The van der Waals surface area contributed by atoms with Crippen molar-refractivity contribution in [2.24, 2.45) is 5.41 Å². The molecule has 0 atom stereocenters. The molecule has 0 spiro atoms. The number of nitrogens with one attached hydrogen (secondary N) is 1. The molecule has 2 N–H and O–H groups in total. The van der Waals surface area contributed by atoms with Gasteiger partial charge in [-0.25, -0.2) is 4.98 Å². The predicted octanol–water partition coefficient (Wildman–Crippen LogP) is 1.92. The van der Waals surface area contributed by atoms with E-state index in [1.807, 2.05) is 12.1 Å². The molecule has 1 heterocycles. The average molecular weight is 231 g/mol. The Morgan fingerprint density at radius 2 is 2.18 bits per heavy atom. The molecule has 2 rings (SSSR count). The van der Waals surface area contributed by atoms with Gasteiger partial charge in [0.2, 0.25) is 0 Å². The molecule has 0 unspecified atom stereocenters. The Bertz CT molecular complexity index is 402. The van der Waals surface area contributed by atoms with Gasteiger partial charge in [0.05, 0.1) is 18.5 Å². The van der Waals surface area contributed by atoms with E-state index in [2.05, 4.69) is 10.3 Å². The van der Waals surface area contributed by atoms with Crippen LogP contribution in [0.3, 0.4) is 0 Å². The zero-order chi connectivity index (χ0) is 12.1. The van der Waals surface area contributed by atoms with Crippen LogP contribution in [0.2, 0.25) is 0 Å². The number of hydrogen-bond acceptors (Lipinski definition) is 4. The van der Waals surface area contributed by atoms with E-state index in [1.54, 1.807) is 12.3 Å². The lowest BCUT2D eigenvalue weighted by Gasteiger charge is -2.27. The van der Waals surface area contributed by atoms with Crippen LogP contribution in [0.25, 0.3) is 0 Å². The first-order chi connectivity index (χ1) is 8.28. The SMILES string of the molecule is N#Cc1ccc(NCC2(CO)CCCC2)cn1. The summed E-state index contributed by atoms with van der Waals surface area (Å²) in [6.07, 6.45) is 6.24. The maximum absolute atomic E-state index is 9.48. The summed E-state index contributed by atoms with van der Waals surface area (Å²) in [6.45, 7) is 1.01. The molecule has 0 bridgehead atoms. The fraction of sp³-hybridized carbons (Fsp3) is 0.538. The van der Waals surface area contributed by atoms with Crippen LogP contribution < -0.4 is 5.32 Å². The van der Waals surface area contributed by atoms with Crippen LogP contribution in [-0.4, -0.2) is 23.2 Å². The second-order valence-corrected chi connectivity index (χ2v) is 4.76. The van der Waals surface area contributed by atoms with E-state index in [9.17, 15) is 5.11 Å². The number of rotatable bonds is 4. The molecular weight excluding hydrogens is 214 g/mol. The van der Waals surface area contributed by atoms with Crippen molar-refractivity contribution in [3.8, 4) is 6.07 Å². The third-order valence-corrected chi connectivity index (χ3v) is 3.55. The van der Waals surface area contributed by atoms with Gasteiger partial charge in [-0.15, -0.1) is 0 Å². The van der Waals surface area contributed by atoms with Crippen molar-refractivity contribution in [3.05, 3.63) is 24.0 Å². The first-order valence-corrected chi connectivity index (χ1v) is 5.99. The first kappa shape index (κ1) is 11.9. The molecular formula is C13H17N3O. The fourth-order valence-corrected chi connectivity index (χ4v) is 2.37. The van der Waals surface area contributed by atoms with Crippen LogP contribution in [0.1, 0.15) is 31.4 Å². The highest BCUT2D eigenvalue weighted by Crippen LogP contribution is 2.37. The summed E-state index contributed by atoms with van der Waals surface area (Å²) in [6, 6.07) is 5.54. The summed E-state index contributed by atoms with van der Waals surface area (Å²) in [5, 5.41) is 21.4. The van der Waals surface area contributed by atoms with E-state index in [-0.39, 0.29) is 12.0 Å². The van der Waals surface area contributed by atoms with Crippen LogP contribution >= 0.6 is 0 Å². The number of pyridine rings is 1. The van der Waals surface area contributed by atoms with Gasteiger partial charge in [0.1, 0.15) is 11.8 Å². The number of nitriles is 1. The molecule has 90 valence electrons. The summed E-state index contributed by atoms with van der Waals surface area (Å²) < 4.78 is 0. The van der Waals surface area contributed by atoms with Gasteiger partial charge in [-0.05, 0) is 25.0 Å². The molecule has 0 aromatic carbocycles. The summed E-state index contributed by atoms with van der Waals surface area (Å²) in [7, 11) is 0. The fourth-order valence-electron chi connectivity index (χ4n) is 2.37. The minimum atomic E-state index is 0.0356. The van der Waals surface area contributed by atoms with E-state index in [0.29, 0.717) is 5.69 Å². The minimum Gasteiger partial charge on any atom is -0.396 e. The van der Waals surface area contributed by atoms with Crippen LogP contribution in [0.5, 0.6) is 0 Å². The molecule has 1 saturated carbocycles. The van der Waals surface area contributed by atoms with Crippen LogP contribution in [0.4, 0.5) is 5.69 Å². The third-order valence-electron chi connectivity index (χ3n) is 3.55. The molecule has 1 aliphatic carbocycles. The standard InChI is InChI=1S/C13H17N3O/c14-7-11-3-4-12(8-15-11)16-9-13(10-17)5-1-2-6-13/h3-4,8,16-17H,1-2,5-6,9-10H2. The highest BCUT2D eigenvalue weighted by atomic mass is 16.3. The lowest BCUT2D eigenvalue weighted by atomic mass is 9.87. The van der Waals surface area contributed by atoms with Crippen molar-refractivity contribution in [1.29, 1.82) is 5.26 Å². The van der Waals surface area contributed by atoms with Gasteiger partial charge in [-0.2, -0.15) is 5.26 Å². The van der Waals surface area contributed by atoms with Crippen LogP contribution in [-0.2, 0) is 0 Å². The molecule has 4 heteroatoms. The molecule has 0 amide bonds. The topological polar surface area (TPSA) is 68.9 Å². The smallest absolute Gasteiger partial charge is 0.140 e. The van der Waals surface area contributed by atoms with E-state index >= 15 is 0 Å². The Labute approximate surface area is 101 Å². The normalized spacial score (nSPS) is 17.6. The number of nitrogens with zero attached hydrogens (tertiary/aromatic N) is 2. The highest BCUT2D eigenvalue weighted by Gasteiger charge is 2.32. The average Bonchev–Trinajstić information content (AvgIpc) is 2.86. The van der Waals surface area contributed by atoms with Crippen molar-refractivity contribution >= 4 is 5.69 Å². The lowest BCUT2D eigenvalue weighted by Crippen LogP contribution is -2.30. The highest BCUT2D eigenvalue weighted by molar-refractivity contribution is 5.42. The summed E-state index contributed by atoms with van der Waals surface area (Å²) >= 11 is 0. The number of hydrogen-bond donors (Lipinski definition) is 2. The Kier molecular flexibility index (Phi) is 3.60. The van der Waals surface area contributed by atoms with E-state index in [4.69, 9.17) is 5.26 Å². The van der Waals surface area contributed by atoms with Crippen LogP contribution in [0.15, 0.2) is 18.3 Å². The molecule has 17 heavy (non-hydrogen) atoms. The minimum absolute atomic E-state index is 0.0356. The maximum atomic E-state index is 9.48. The summed E-state index contributed by atoms with van der Waals surface area (Å²) in [4.78, 5) is 4.00. The zero-order valence-corrected chi connectivity index (χ0v) is 9.82. The van der Waals surface area contributed by atoms with Gasteiger partial charge in [-0.1, -0.05) is 12.8 Å². The number of aromatic nitrogens is 1. The van der Waals surface area contributed by atoms with Gasteiger partial charge >= 0.3 is 0 Å². The second kappa shape index (κ2) is 5.15.